The first-order valence-electron chi connectivity index (χ1n) is 8.49. The van der Waals surface area contributed by atoms with Crippen molar-refractivity contribution in [2.24, 2.45) is 5.73 Å². The van der Waals surface area contributed by atoms with Gasteiger partial charge < -0.3 is 15.2 Å². The molecule has 0 unspecified atom stereocenters. The first-order valence-corrected chi connectivity index (χ1v) is 10.2. The molecule has 7 nitrogen and oxygen atoms in total. The summed E-state index contributed by atoms with van der Waals surface area (Å²) in [7, 11) is 3.12. The molecule has 3 aromatic rings. The number of carbonyl (C=O) groups is 1. The summed E-state index contributed by atoms with van der Waals surface area (Å²) in [6.45, 7) is 0. The molecule has 1 amide bonds. The average Bonchev–Trinajstić information content (AvgIpc) is 3.11. The van der Waals surface area contributed by atoms with E-state index in [-0.39, 0.29) is 12.3 Å². The lowest BCUT2D eigenvalue weighted by atomic mass is 10.2. The maximum Gasteiger partial charge on any atom is 0.218 e. The van der Waals surface area contributed by atoms with Crippen LogP contribution in [0.15, 0.2) is 41.6 Å². The van der Waals surface area contributed by atoms with Gasteiger partial charge in [0.15, 0.2) is 11.0 Å². The molecule has 10 heteroatoms. The summed E-state index contributed by atoms with van der Waals surface area (Å²) in [4.78, 5) is 11.1. The maximum atomic E-state index is 11.1. The zero-order chi connectivity index (χ0) is 21.0. The number of nitrogens with zero attached hydrogens (tertiary/aromatic N) is 3. The number of hydrogen-bond donors (Lipinski definition) is 1. The van der Waals surface area contributed by atoms with E-state index in [9.17, 15) is 4.79 Å². The molecule has 0 atom stereocenters. The quantitative estimate of drug-likeness (QED) is 0.514. The van der Waals surface area contributed by atoms with Crippen molar-refractivity contribution < 1.29 is 14.3 Å². The molecule has 0 saturated heterocycles. The van der Waals surface area contributed by atoms with Gasteiger partial charge in [-0.25, -0.2) is 0 Å². The Hall–Kier alpha value is -2.42. The molecule has 0 saturated carbocycles. The van der Waals surface area contributed by atoms with Crippen molar-refractivity contribution >= 4 is 40.9 Å². The second kappa shape index (κ2) is 9.39. The molecular weight excluding hydrogens is 435 g/mol. The summed E-state index contributed by atoms with van der Waals surface area (Å²) in [5.41, 5.74) is 6.64. The van der Waals surface area contributed by atoms with Crippen molar-refractivity contribution in [2.45, 2.75) is 11.6 Å². The highest BCUT2D eigenvalue weighted by atomic mass is 35.5. The normalized spacial score (nSPS) is 10.8. The number of ether oxygens (including phenoxy) is 2. The fraction of sp³-hybridized carbons (Fsp3) is 0.211. The third kappa shape index (κ3) is 4.77. The number of aromatic nitrogens is 3. The smallest absolute Gasteiger partial charge is 0.218 e. The van der Waals surface area contributed by atoms with Gasteiger partial charge in [0.1, 0.15) is 11.5 Å². The van der Waals surface area contributed by atoms with Gasteiger partial charge in [0.25, 0.3) is 0 Å². The first-order chi connectivity index (χ1) is 13.9. The van der Waals surface area contributed by atoms with Crippen LogP contribution in [0.5, 0.6) is 11.5 Å². The molecule has 0 radical (unpaired) electrons. The molecule has 0 aliphatic carbocycles. The fourth-order valence-corrected chi connectivity index (χ4v) is 3.99. The van der Waals surface area contributed by atoms with Crippen molar-refractivity contribution in [3.8, 4) is 28.6 Å². The third-order valence-electron chi connectivity index (χ3n) is 4.01. The standard InChI is InChI=1S/C19H18Cl2N4O3S/c1-27-15-5-3-11(20)9-13(15)18-23-24-19(29-8-7-17(22)26)25(18)12-4-6-16(28-2)14(21)10-12/h3-6,9-10H,7-8H2,1-2H3,(H2,22,26). The average molecular weight is 453 g/mol. The Bertz CT molecular complexity index is 1040. The highest BCUT2D eigenvalue weighted by Gasteiger charge is 2.20. The monoisotopic (exact) mass is 452 g/mol. The van der Waals surface area contributed by atoms with Crippen molar-refractivity contribution in [1.82, 2.24) is 14.8 Å². The van der Waals surface area contributed by atoms with Gasteiger partial charge in [0, 0.05) is 17.2 Å². The lowest BCUT2D eigenvalue weighted by Crippen LogP contribution is -2.11. The highest BCUT2D eigenvalue weighted by Crippen LogP contribution is 2.36. The number of methoxy groups -OCH3 is 2. The van der Waals surface area contributed by atoms with E-state index >= 15 is 0 Å². The van der Waals surface area contributed by atoms with Crippen LogP contribution in [-0.2, 0) is 4.79 Å². The van der Waals surface area contributed by atoms with Gasteiger partial charge in [-0.05, 0) is 36.4 Å². The minimum atomic E-state index is -0.382. The number of nitrogens with two attached hydrogens (primary N) is 1. The SMILES string of the molecule is COc1ccc(-n2c(SCCC(N)=O)nnc2-c2cc(Cl)ccc2OC)cc1Cl. The van der Waals surface area contributed by atoms with E-state index in [1.165, 1.54) is 11.8 Å². The molecule has 2 N–H and O–H groups in total. The van der Waals surface area contributed by atoms with E-state index in [4.69, 9.17) is 38.4 Å². The highest BCUT2D eigenvalue weighted by molar-refractivity contribution is 7.99. The van der Waals surface area contributed by atoms with Gasteiger partial charge in [0.2, 0.25) is 5.91 Å². The van der Waals surface area contributed by atoms with Crippen LogP contribution < -0.4 is 15.2 Å². The van der Waals surface area contributed by atoms with Crippen LogP contribution in [0.2, 0.25) is 10.0 Å². The Balaban J connectivity index is 2.15. The summed E-state index contributed by atoms with van der Waals surface area (Å²) in [6, 6.07) is 10.6. The van der Waals surface area contributed by atoms with Crippen molar-refractivity contribution in [3.05, 3.63) is 46.4 Å². The molecule has 0 bridgehead atoms. The fourth-order valence-electron chi connectivity index (χ4n) is 2.66. The second-order valence-electron chi connectivity index (χ2n) is 5.87. The summed E-state index contributed by atoms with van der Waals surface area (Å²) in [6.07, 6.45) is 0.219. The van der Waals surface area contributed by atoms with Crippen LogP contribution >= 0.6 is 35.0 Å². The van der Waals surface area contributed by atoms with Crippen molar-refractivity contribution in [1.29, 1.82) is 0 Å². The minimum Gasteiger partial charge on any atom is -0.496 e. The van der Waals surface area contributed by atoms with Crippen LogP contribution in [0.4, 0.5) is 0 Å². The zero-order valence-electron chi connectivity index (χ0n) is 15.7. The lowest BCUT2D eigenvalue weighted by Gasteiger charge is -2.14. The first kappa shape index (κ1) is 21.3. The summed E-state index contributed by atoms with van der Waals surface area (Å²) < 4.78 is 12.5. The van der Waals surface area contributed by atoms with E-state index in [0.717, 1.165) is 5.69 Å². The maximum absolute atomic E-state index is 11.1. The summed E-state index contributed by atoms with van der Waals surface area (Å²) in [5.74, 6) is 1.74. The molecule has 0 spiro atoms. The van der Waals surface area contributed by atoms with Crippen LogP contribution in [0.3, 0.4) is 0 Å². The Morgan fingerprint density at radius 3 is 2.48 bits per heavy atom. The van der Waals surface area contributed by atoms with Crippen LogP contribution in [0.1, 0.15) is 6.42 Å². The topological polar surface area (TPSA) is 92.3 Å². The number of amides is 1. The minimum absolute atomic E-state index is 0.219. The van der Waals surface area contributed by atoms with Crippen molar-refractivity contribution in [3.63, 3.8) is 0 Å². The van der Waals surface area contributed by atoms with Crippen LogP contribution in [-0.4, -0.2) is 40.6 Å². The molecule has 1 aromatic heterocycles. The van der Waals surface area contributed by atoms with E-state index in [1.807, 2.05) is 10.6 Å². The lowest BCUT2D eigenvalue weighted by molar-refractivity contribution is -0.117. The number of hydrogen-bond acceptors (Lipinski definition) is 6. The van der Waals surface area contributed by atoms with Gasteiger partial charge in [0.05, 0.1) is 30.5 Å². The summed E-state index contributed by atoms with van der Waals surface area (Å²) in [5, 5.41) is 10.2. The van der Waals surface area contributed by atoms with E-state index in [2.05, 4.69) is 10.2 Å². The third-order valence-corrected chi connectivity index (χ3v) is 5.47. The Labute approximate surface area is 182 Å². The second-order valence-corrected chi connectivity index (χ2v) is 7.78. The number of carbonyl (C=O) groups excluding carboxylic acids is 1. The molecule has 2 aromatic carbocycles. The van der Waals surface area contributed by atoms with Gasteiger partial charge >= 0.3 is 0 Å². The number of benzene rings is 2. The van der Waals surface area contributed by atoms with Gasteiger partial charge in [-0.15, -0.1) is 10.2 Å². The van der Waals surface area contributed by atoms with Crippen LogP contribution in [0, 0.1) is 0 Å². The van der Waals surface area contributed by atoms with Gasteiger partial charge in [-0.3, -0.25) is 9.36 Å². The Morgan fingerprint density at radius 1 is 1.10 bits per heavy atom. The summed E-state index contributed by atoms with van der Waals surface area (Å²) >= 11 is 13.9. The van der Waals surface area contributed by atoms with Gasteiger partial charge in [-0.2, -0.15) is 0 Å². The molecule has 29 heavy (non-hydrogen) atoms. The largest absolute Gasteiger partial charge is 0.496 e. The number of primary amides is 1. The molecule has 0 aliphatic rings. The number of rotatable bonds is 8. The molecule has 1 heterocycles. The van der Waals surface area contributed by atoms with Gasteiger partial charge in [-0.1, -0.05) is 35.0 Å². The molecule has 0 aliphatic heterocycles. The molecular formula is C19H18Cl2N4O3S. The van der Waals surface area contributed by atoms with Crippen molar-refractivity contribution in [2.75, 3.05) is 20.0 Å². The number of thioether (sulfide) groups is 1. The van der Waals surface area contributed by atoms with E-state index < -0.39 is 0 Å². The molecule has 152 valence electrons. The molecule has 0 fully saturated rings. The van der Waals surface area contributed by atoms with E-state index in [0.29, 0.717) is 43.8 Å². The Morgan fingerprint density at radius 2 is 1.83 bits per heavy atom. The Kier molecular flexibility index (Phi) is 6.89. The predicted octanol–water partition coefficient (Wildman–Crippen LogP) is 4.23. The predicted molar refractivity (Wildman–Crippen MR) is 114 cm³/mol. The molecule has 3 rings (SSSR count). The van der Waals surface area contributed by atoms with Crippen LogP contribution in [0.25, 0.3) is 17.1 Å². The van der Waals surface area contributed by atoms with E-state index in [1.54, 1.807) is 44.6 Å². The zero-order valence-corrected chi connectivity index (χ0v) is 18.0. The number of halogens is 2.